The summed E-state index contributed by atoms with van der Waals surface area (Å²) in [4.78, 5) is 37.9. The average Bonchev–Trinajstić information content (AvgIpc) is 3.23. The third-order valence-corrected chi connectivity index (χ3v) is 8.68. The highest BCUT2D eigenvalue weighted by molar-refractivity contribution is 6.58. The number of unbranched alkanes of at least 4 members (excludes halogenated alkanes) is 2. The van der Waals surface area contributed by atoms with Crippen molar-refractivity contribution in [3.05, 3.63) is 120 Å². The first-order chi connectivity index (χ1) is 29.9. The van der Waals surface area contributed by atoms with E-state index < -0.39 is 19.1 Å². The van der Waals surface area contributed by atoms with Crippen LogP contribution in [0, 0.1) is 0 Å². The zero-order chi connectivity index (χ0) is 43.8. The molecule has 0 saturated carbocycles. The minimum atomic E-state index is -1.61. The molecule has 0 saturated heterocycles. The number of nitrogens with zero attached hydrogens (tertiary/aromatic N) is 3. The number of nitrogens with one attached hydrogen (secondary N) is 3. The zero-order valence-electron chi connectivity index (χ0n) is 33.1. The van der Waals surface area contributed by atoms with Crippen molar-refractivity contribution in [2.45, 2.75) is 25.7 Å². The van der Waals surface area contributed by atoms with E-state index in [1.54, 1.807) is 72.8 Å². The molecule has 0 unspecified atom stereocenters. The number of aromatic nitrogens is 3. The maximum atomic E-state index is 12.2. The average molecular weight is 847 g/mol. The molecule has 320 valence electrons. The Morgan fingerprint density at radius 3 is 1.13 bits per heavy atom. The summed E-state index contributed by atoms with van der Waals surface area (Å²) in [6.07, 6.45) is 2.28. The van der Waals surface area contributed by atoms with E-state index in [1.807, 2.05) is 0 Å². The van der Waals surface area contributed by atoms with Gasteiger partial charge in [0, 0.05) is 29.2 Å². The van der Waals surface area contributed by atoms with Crippen LogP contribution in [0.15, 0.2) is 109 Å². The third kappa shape index (κ3) is 13.6. The monoisotopic (exact) mass is 846 g/mol. The van der Waals surface area contributed by atoms with Gasteiger partial charge in [0.15, 0.2) is 0 Å². The second kappa shape index (κ2) is 21.5. The lowest BCUT2D eigenvalue weighted by Crippen LogP contribution is -2.29. The Morgan fingerprint density at radius 1 is 0.468 bits per heavy atom. The highest BCUT2D eigenvalue weighted by atomic mass is 16.5. The van der Waals surface area contributed by atoms with Crippen LogP contribution in [-0.4, -0.2) is 90.9 Å². The number of esters is 2. The number of carbonyl (C=O) groups excluding carboxylic acids is 2. The molecule has 1 aromatic heterocycles. The van der Waals surface area contributed by atoms with Gasteiger partial charge < -0.3 is 65.4 Å². The lowest BCUT2D eigenvalue weighted by Gasteiger charge is -2.13. The molecule has 0 aliphatic carbocycles. The SMILES string of the molecule is O=C(OCCCCOc1ccc(Nc2nc(Nc3ccc(OCCCCOC(=O)c4cc(O)cc(O)c4)cc3)nc(Nc3ccc(B(O)O)cc3)n2)cc1)c1cc(O)cc(O)c1. The molecule has 5 aromatic carbocycles. The van der Waals surface area contributed by atoms with E-state index in [0.717, 1.165) is 12.1 Å². The Kier molecular flexibility index (Phi) is 15.2. The number of hydrogen-bond donors (Lipinski definition) is 9. The van der Waals surface area contributed by atoms with Crippen LogP contribution in [0.2, 0.25) is 0 Å². The largest absolute Gasteiger partial charge is 0.508 e. The van der Waals surface area contributed by atoms with Crippen LogP contribution in [-0.2, 0) is 9.47 Å². The number of carbonyl (C=O) groups is 2. The summed E-state index contributed by atoms with van der Waals surface area (Å²) in [6.45, 7) is 1.02. The molecular weight excluding hydrogens is 803 g/mol. The summed E-state index contributed by atoms with van der Waals surface area (Å²) in [5.74, 6) is -0.399. The Bertz CT molecular complexity index is 2240. The molecular formula is C43H43BN6O12. The van der Waals surface area contributed by atoms with Gasteiger partial charge in [-0.3, -0.25) is 0 Å². The molecule has 0 fully saturated rings. The van der Waals surface area contributed by atoms with Gasteiger partial charge in [-0.1, -0.05) is 12.1 Å². The maximum Gasteiger partial charge on any atom is 0.488 e. The van der Waals surface area contributed by atoms with Gasteiger partial charge in [0.1, 0.15) is 34.5 Å². The van der Waals surface area contributed by atoms with E-state index in [1.165, 1.54) is 24.3 Å². The molecule has 0 amide bonds. The fraction of sp³-hybridized carbons (Fsp3) is 0.186. The highest BCUT2D eigenvalue weighted by Gasteiger charge is 2.14. The van der Waals surface area contributed by atoms with Crippen LogP contribution < -0.4 is 30.9 Å². The number of hydrogen-bond acceptors (Lipinski definition) is 18. The molecule has 0 atom stereocenters. The summed E-state index contributed by atoms with van der Waals surface area (Å²) >= 11 is 0. The van der Waals surface area contributed by atoms with Gasteiger partial charge in [-0.25, -0.2) is 9.59 Å². The van der Waals surface area contributed by atoms with Gasteiger partial charge in [0.25, 0.3) is 0 Å². The smallest absolute Gasteiger partial charge is 0.488 e. The van der Waals surface area contributed by atoms with Crippen molar-refractivity contribution in [3.63, 3.8) is 0 Å². The van der Waals surface area contributed by atoms with Crippen LogP contribution in [0.5, 0.6) is 34.5 Å². The molecule has 0 bridgehead atoms. The van der Waals surface area contributed by atoms with Gasteiger partial charge in [-0.15, -0.1) is 0 Å². The van der Waals surface area contributed by atoms with Crippen molar-refractivity contribution >= 4 is 59.4 Å². The highest BCUT2D eigenvalue weighted by Crippen LogP contribution is 2.25. The first-order valence-electron chi connectivity index (χ1n) is 19.3. The molecule has 0 aliphatic heterocycles. The van der Waals surface area contributed by atoms with Crippen molar-refractivity contribution in [1.82, 2.24) is 15.0 Å². The van der Waals surface area contributed by atoms with Crippen LogP contribution in [0.3, 0.4) is 0 Å². The van der Waals surface area contributed by atoms with Gasteiger partial charge in [-0.05, 0) is 116 Å². The summed E-state index contributed by atoms with van der Waals surface area (Å²) in [6, 6.07) is 27.8. The predicted molar refractivity (Wildman–Crippen MR) is 228 cm³/mol. The van der Waals surface area contributed by atoms with Crippen molar-refractivity contribution in [2.24, 2.45) is 0 Å². The second-order valence-electron chi connectivity index (χ2n) is 13.6. The third-order valence-electron chi connectivity index (χ3n) is 8.68. The number of rotatable bonds is 21. The molecule has 62 heavy (non-hydrogen) atoms. The Hall–Kier alpha value is -7.77. The molecule has 0 radical (unpaired) electrons. The number of anilines is 6. The quantitative estimate of drug-likeness (QED) is 0.0241. The molecule has 18 nitrogen and oxygen atoms in total. The number of ether oxygens (including phenoxy) is 4. The minimum absolute atomic E-state index is 0.0546. The molecule has 6 aromatic rings. The molecule has 19 heteroatoms. The summed E-state index contributed by atoms with van der Waals surface area (Å²) in [5, 5.41) is 66.7. The van der Waals surface area contributed by atoms with Gasteiger partial charge in [0.05, 0.1) is 37.6 Å². The van der Waals surface area contributed by atoms with Gasteiger partial charge in [-0.2, -0.15) is 15.0 Å². The molecule has 0 spiro atoms. The fourth-order valence-corrected chi connectivity index (χ4v) is 5.65. The van der Waals surface area contributed by atoms with Crippen LogP contribution in [0.4, 0.5) is 34.9 Å². The van der Waals surface area contributed by atoms with E-state index in [0.29, 0.717) is 72.9 Å². The minimum Gasteiger partial charge on any atom is -0.508 e. The Morgan fingerprint density at radius 2 is 0.790 bits per heavy atom. The number of phenols is 4. The molecule has 6 rings (SSSR count). The van der Waals surface area contributed by atoms with Crippen molar-refractivity contribution in [2.75, 3.05) is 42.4 Å². The Balaban J connectivity index is 0.996. The summed E-state index contributed by atoms with van der Waals surface area (Å²) in [5.41, 5.74) is 2.33. The Labute approximate surface area is 355 Å². The van der Waals surface area contributed by atoms with Crippen LogP contribution in [0.1, 0.15) is 46.4 Å². The number of phenolic OH excluding ortho intramolecular Hbond substituents is 4. The van der Waals surface area contributed by atoms with E-state index in [-0.39, 0.29) is 65.2 Å². The first kappa shape index (κ1) is 43.8. The lowest BCUT2D eigenvalue weighted by atomic mass is 9.80. The van der Waals surface area contributed by atoms with Gasteiger partial charge >= 0.3 is 19.1 Å². The van der Waals surface area contributed by atoms with Crippen LogP contribution >= 0.6 is 0 Å². The zero-order valence-corrected chi connectivity index (χ0v) is 33.1. The van der Waals surface area contributed by atoms with Crippen LogP contribution in [0.25, 0.3) is 0 Å². The lowest BCUT2D eigenvalue weighted by molar-refractivity contribution is 0.0484. The van der Waals surface area contributed by atoms with E-state index >= 15 is 0 Å². The maximum absolute atomic E-state index is 12.2. The van der Waals surface area contributed by atoms with Crippen molar-refractivity contribution in [3.8, 4) is 34.5 Å². The first-order valence-corrected chi connectivity index (χ1v) is 19.3. The molecule has 9 N–H and O–H groups in total. The molecule has 0 aliphatic rings. The predicted octanol–water partition coefficient (Wildman–Crippen LogP) is 5.64. The topological polar surface area (TPSA) is 267 Å². The van der Waals surface area contributed by atoms with E-state index in [9.17, 15) is 40.1 Å². The van der Waals surface area contributed by atoms with E-state index in [2.05, 4.69) is 30.9 Å². The number of aromatic hydroxyl groups is 4. The summed E-state index contributed by atoms with van der Waals surface area (Å²) < 4.78 is 22.1. The standard InChI is InChI=1S/C43H43BN6O12/c51-33-21-27(22-34(52)25-33)39(55)61-19-3-1-17-59-37-13-9-31(10-14-37)46-42-48-41(45-30-7-5-29(6-8-30)44(57)58)49-43(50-42)47-32-11-15-38(16-12-32)60-18-2-4-20-62-40(56)28-23-35(53)26-36(54)24-28/h5-16,21-26,51-54,57-58H,1-4,17-20H2,(H3,45,46,47,48,49,50). The van der Waals surface area contributed by atoms with Gasteiger partial charge in [0.2, 0.25) is 17.8 Å². The summed E-state index contributed by atoms with van der Waals surface area (Å²) in [7, 11) is -1.61. The number of benzene rings is 5. The fourth-order valence-electron chi connectivity index (χ4n) is 5.65. The van der Waals surface area contributed by atoms with Crippen molar-refractivity contribution < 1.29 is 59.0 Å². The molecule has 1 heterocycles. The normalized spacial score (nSPS) is 10.7. The second-order valence-corrected chi connectivity index (χ2v) is 13.6. The van der Waals surface area contributed by atoms with E-state index in [4.69, 9.17) is 18.9 Å². The van der Waals surface area contributed by atoms with Crippen molar-refractivity contribution in [1.29, 1.82) is 0 Å².